The third kappa shape index (κ3) is 32.1. The van der Waals surface area contributed by atoms with Gasteiger partial charge in [0.05, 0.1) is 0 Å². The van der Waals surface area contributed by atoms with Crippen LogP contribution in [0.1, 0.15) is 104 Å². The van der Waals surface area contributed by atoms with Crippen molar-refractivity contribution in [1.82, 2.24) is 0 Å². The van der Waals surface area contributed by atoms with Crippen LogP contribution in [-0.2, 0) is 28.8 Å². The van der Waals surface area contributed by atoms with Crippen molar-refractivity contribution in [1.29, 1.82) is 0 Å². The Balaban J connectivity index is -0.000000694. The van der Waals surface area contributed by atoms with Crippen LogP contribution >= 0.6 is 0 Å². The van der Waals surface area contributed by atoms with E-state index in [0.717, 1.165) is 38.5 Å². The first-order valence-electron chi connectivity index (χ1n) is 13.3. The molecular weight excluding hydrogens is 528 g/mol. The van der Waals surface area contributed by atoms with E-state index in [-0.39, 0.29) is 11.1 Å². The predicted octanol–water partition coefficient (Wildman–Crippen LogP) is 5.38. The van der Waals surface area contributed by atoms with E-state index >= 15 is 0 Å². The number of carboxylic acids is 6. The average Bonchev–Trinajstić information content (AvgIpc) is 2.86. The molecule has 12 heteroatoms. The number of aliphatic carboxylic acids is 6. The second-order valence-corrected chi connectivity index (χ2v) is 8.62. The number of hydrogen-bond donors (Lipinski definition) is 6. The van der Waals surface area contributed by atoms with E-state index in [1.54, 1.807) is 0 Å². The monoisotopic (exact) mass is 572 g/mol. The van der Waals surface area contributed by atoms with E-state index in [4.69, 9.17) is 20.4 Å². The Kier molecular flexibility index (Phi) is 28.4. The highest BCUT2D eigenvalue weighted by molar-refractivity contribution is 5.98. The van der Waals surface area contributed by atoms with Crippen LogP contribution in [0.25, 0.3) is 0 Å². The molecule has 0 saturated carbocycles. The molecule has 0 fully saturated rings. The van der Waals surface area contributed by atoms with Crippen molar-refractivity contribution in [3.05, 3.63) is 35.5 Å². The zero-order chi connectivity index (χ0) is 31.3. The Morgan fingerprint density at radius 3 is 0.825 bits per heavy atom. The summed E-state index contributed by atoms with van der Waals surface area (Å²) in [5.74, 6) is -7.15. The largest absolute Gasteiger partial charge is 0.478 e. The Bertz CT molecular complexity index is 767. The van der Waals surface area contributed by atoms with Crippen LogP contribution in [0.3, 0.4) is 0 Å². The van der Waals surface area contributed by atoms with Gasteiger partial charge >= 0.3 is 35.8 Å². The molecule has 6 N–H and O–H groups in total. The lowest BCUT2D eigenvalue weighted by Gasteiger charge is -2.09. The van der Waals surface area contributed by atoms with E-state index in [1.165, 1.54) is 38.5 Å². The molecule has 0 rings (SSSR count). The van der Waals surface area contributed by atoms with Crippen LogP contribution in [0.15, 0.2) is 35.5 Å². The maximum Gasteiger partial charge on any atom is 0.332 e. The molecular formula is C28H44O12. The van der Waals surface area contributed by atoms with E-state index in [0.29, 0.717) is 37.1 Å². The van der Waals surface area contributed by atoms with Gasteiger partial charge in [0.25, 0.3) is 0 Å². The van der Waals surface area contributed by atoms with Crippen LogP contribution in [0, 0.1) is 0 Å². The molecule has 0 aromatic heterocycles. The molecule has 0 aliphatic rings. The van der Waals surface area contributed by atoms with Gasteiger partial charge in [-0.2, -0.15) is 0 Å². The van der Waals surface area contributed by atoms with E-state index < -0.39 is 35.8 Å². The first kappa shape index (κ1) is 40.5. The number of carbonyl (C=O) groups is 6. The molecule has 0 amide bonds. The van der Waals surface area contributed by atoms with Gasteiger partial charge in [0.1, 0.15) is 0 Å². The summed E-state index contributed by atoms with van der Waals surface area (Å²) in [6, 6.07) is 0. The number of carboxylic acid groups (broad SMARTS) is 6. The highest BCUT2D eigenvalue weighted by Gasteiger charge is 2.19. The predicted molar refractivity (Wildman–Crippen MR) is 147 cm³/mol. The van der Waals surface area contributed by atoms with Crippen molar-refractivity contribution in [2.75, 3.05) is 0 Å². The fraction of sp³-hybridized carbons (Fsp3) is 0.571. The number of hydrogen-bond acceptors (Lipinski definition) is 6. The zero-order valence-corrected chi connectivity index (χ0v) is 23.3. The minimum atomic E-state index is -1.26. The maximum atomic E-state index is 11.5. The lowest BCUT2D eigenvalue weighted by atomic mass is 9.96. The molecule has 0 bridgehead atoms. The Hall–Kier alpha value is -3.96. The minimum absolute atomic E-state index is 0.117. The van der Waals surface area contributed by atoms with E-state index in [1.807, 2.05) is 0 Å². The molecule has 0 atom stereocenters. The van der Waals surface area contributed by atoms with Gasteiger partial charge in [-0.3, -0.25) is 0 Å². The average molecular weight is 573 g/mol. The van der Waals surface area contributed by atoms with Crippen molar-refractivity contribution < 1.29 is 59.4 Å². The van der Waals surface area contributed by atoms with Crippen molar-refractivity contribution in [2.45, 2.75) is 104 Å². The zero-order valence-electron chi connectivity index (χ0n) is 23.3. The van der Waals surface area contributed by atoms with Crippen molar-refractivity contribution in [3.63, 3.8) is 0 Å². The van der Waals surface area contributed by atoms with E-state index in [2.05, 4.69) is 13.8 Å². The van der Waals surface area contributed by atoms with Gasteiger partial charge in [-0.1, -0.05) is 78.1 Å². The maximum absolute atomic E-state index is 11.5. The van der Waals surface area contributed by atoms with Crippen LogP contribution < -0.4 is 0 Å². The highest BCUT2D eigenvalue weighted by atomic mass is 16.4. The molecule has 0 saturated heterocycles. The summed E-state index contributed by atoms with van der Waals surface area (Å²) in [5.41, 5.74) is 0.234. The van der Waals surface area contributed by atoms with Gasteiger partial charge in [0, 0.05) is 35.5 Å². The summed E-state index contributed by atoms with van der Waals surface area (Å²) in [4.78, 5) is 61.1. The molecule has 0 aromatic rings. The van der Waals surface area contributed by atoms with E-state index in [9.17, 15) is 39.0 Å². The van der Waals surface area contributed by atoms with Gasteiger partial charge in [-0.15, -0.1) is 0 Å². The molecule has 0 radical (unpaired) electrons. The fourth-order valence-electron chi connectivity index (χ4n) is 3.22. The SMILES string of the molecule is CCCCCCCC/C(C(=O)O)=C(\CCCCCCCC)C(=O)O.O=C(O)/C=C\C(=O)O.O=C(O)/C=C\C(=O)O. The summed E-state index contributed by atoms with van der Waals surface area (Å²) in [5, 5.41) is 50.0. The molecule has 40 heavy (non-hydrogen) atoms. The number of rotatable bonds is 20. The third-order valence-electron chi connectivity index (χ3n) is 5.18. The van der Waals surface area contributed by atoms with Crippen molar-refractivity contribution in [3.8, 4) is 0 Å². The lowest BCUT2D eigenvalue weighted by Crippen LogP contribution is -2.12. The summed E-state index contributed by atoms with van der Waals surface area (Å²) in [6.45, 7) is 4.32. The van der Waals surface area contributed by atoms with Crippen LogP contribution in [0.4, 0.5) is 0 Å². The summed E-state index contributed by atoms with van der Waals surface area (Å²) >= 11 is 0. The quantitative estimate of drug-likeness (QED) is 0.0799. The number of unbranched alkanes of at least 4 members (excludes halogenated alkanes) is 10. The Labute approximate surface area is 234 Å². The smallest absolute Gasteiger partial charge is 0.332 e. The molecule has 0 unspecified atom stereocenters. The lowest BCUT2D eigenvalue weighted by molar-refractivity contribution is -0.136. The molecule has 228 valence electrons. The molecule has 0 aliphatic carbocycles. The Morgan fingerprint density at radius 1 is 0.400 bits per heavy atom. The molecule has 0 aromatic carbocycles. The summed E-state index contributed by atoms with van der Waals surface area (Å²) < 4.78 is 0. The highest BCUT2D eigenvalue weighted by Crippen LogP contribution is 2.21. The normalized spacial score (nSPS) is 11.1. The third-order valence-corrected chi connectivity index (χ3v) is 5.18. The first-order valence-corrected chi connectivity index (χ1v) is 13.3. The Morgan fingerprint density at radius 2 is 0.625 bits per heavy atom. The van der Waals surface area contributed by atoms with Crippen LogP contribution in [-0.4, -0.2) is 66.5 Å². The van der Waals surface area contributed by atoms with Crippen molar-refractivity contribution in [2.24, 2.45) is 0 Å². The van der Waals surface area contributed by atoms with Gasteiger partial charge in [-0.25, -0.2) is 28.8 Å². The van der Waals surface area contributed by atoms with Crippen LogP contribution in [0.5, 0.6) is 0 Å². The van der Waals surface area contributed by atoms with Crippen LogP contribution in [0.2, 0.25) is 0 Å². The van der Waals surface area contributed by atoms with Gasteiger partial charge in [-0.05, 0) is 25.7 Å². The van der Waals surface area contributed by atoms with Crippen molar-refractivity contribution >= 4 is 35.8 Å². The topological polar surface area (TPSA) is 224 Å². The van der Waals surface area contributed by atoms with Gasteiger partial charge in [0.2, 0.25) is 0 Å². The fourth-order valence-corrected chi connectivity index (χ4v) is 3.22. The minimum Gasteiger partial charge on any atom is -0.478 e. The summed E-state index contributed by atoms with van der Waals surface area (Å²) in [6.07, 6.45) is 15.8. The van der Waals surface area contributed by atoms with Gasteiger partial charge in [0.15, 0.2) is 0 Å². The summed E-state index contributed by atoms with van der Waals surface area (Å²) in [7, 11) is 0. The molecule has 0 aliphatic heterocycles. The van der Waals surface area contributed by atoms with Gasteiger partial charge < -0.3 is 30.6 Å². The molecule has 12 nitrogen and oxygen atoms in total. The second kappa shape index (κ2) is 28.1. The first-order chi connectivity index (χ1) is 18.8. The standard InChI is InChI=1S/C20H36O4.2C4H4O4/c1-3-5-7-9-11-13-15-17(19(21)22)18(20(23)24)16-14-12-10-8-6-4-2;2*5-3(6)1-2-4(7)8/h3-16H2,1-2H3,(H,21,22)(H,23,24);2*1-2H,(H,5,6)(H,7,8)/b18-17-;2*2-1-. The molecule has 0 spiro atoms. The molecule has 0 heterocycles. The second-order valence-electron chi connectivity index (χ2n) is 8.62.